The van der Waals surface area contributed by atoms with E-state index in [-0.39, 0.29) is 27.5 Å². The molecule has 1 fully saturated rings. The lowest BCUT2D eigenvalue weighted by molar-refractivity contribution is -0.0536. The highest BCUT2D eigenvalue weighted by Crippen LogP contribution is 2.40. The van der Waals surface area contributed by atoms with Crippen molar-refractivity contribution in [1.82, 2.24) is 9.62 Å². The summed E-state index contributed by atoms with van der Waals surface area (Å²) in [5, 5.41) is 10.8. The summed E-state index contributed by atoms with van der Waals surface area (Å²) < 4.78 is 28.2. The number of amides is 1. The van der Waals surface area contributed by atoms with E-state index in [0.29, 0.717) is 12.1 Å². The summed E-state index contributed by atoms with van der Waals surface area (Å²) in [6, 6.07) is 11.8. The van der Waals surface area contributed by atoms with Crippen LogP contribution in [0.4, 0.5) is 4.79 Å². The van der Waals surface area contributed by atoms with Gasteiger partial charge in [0.15, 0.2) is 5.72 Å². The minimum atomic E-state index is -3.92. The number of carbonyl (C=O) groups is 1. The summed E-state index contributed by atoms with van der Waals surface area (Å²) in [5.74, 6) is 0.123. The van der Waals surface area contributed by atoms with E-state index in [1.165, 1.54) is 17.0 Å². The van der Waals surface area contributed by atoms with Gasteiger partial charge >= 0.3 is 0 Å². The normalized spacial score (nSPS) is 20.0. The number of carbonyl (C=O) groups excluding carboxylic acids is 1. The molecule has 0 aromatic heterocycles. The summed E-state index contributed by atoms with van der Waals surface area (Å²) in [4.78, 5) is 13.2. The van der Waals surface area contributed by atoms with E-state index in [9.17, 15) is 18.3 Å². The SMILES string of the molecule is CCN1C(=O)SCC1(O)c1ccc(Cl)c(S(=O)(=O)NCc2ccc(C)cc2)c1. The lowest BCUT2D eigenvalue weighted by atomic mass is 10.0. The first-order valence-corrected chi connectivity index (χ1v) is 11.5. The number of sulfonamides is 1. The topological polar surface area (TPSA) is 86.7 Å². The number of nitrogens with one attached hydrogen (secondary N) is 1. The van der Waals surface area contributed by atoms with Crippen LogP contribution in [0.1, 0.15) is 23.6 Å². The smallest absolute Gasteiger partial charge is 0.284 e. The van der Waals surface area contributed by atoms with E-state index >= 15 is 0 Å². The van der Waals surface area contributed by atoms with Crippen molar-refractivity contribution in [2.75, 3.05) is 12.3 Å². The maximum atomic E-state index is 12.8. The fourth-order valence-corrected chi connectivity index (χ4v) is 5.64. The Bertz CT molecular complexity index is 995. The van der Waals surface area contributed by atoms with Crippen LogP contribution in [-0.2, 0) is 22.3 Å². The Hall–Kier alpha value is -1.58. The van der Waals surface area contributed by atoms with Gasteiger partial charge in [-0.3, -0.25) is 4.79 Å². The van der Waals surface area contributed by atoms with Crippen molar-refractivity contribution in [2.24, 2.45) is 0 Å². The number of aliphatic hydroxyl groups is 1. The Labute approximate surface area is 173 Å². The van der Waals surface area contributed by atoms with Crippen LogP contribution in [-0.4, -0.2) is 36.0 Å². The van der Waals surface area contributed by atoms with Crippen LogP contribution in [0.3, 0.4) is 0 Å². The first kappa shape index (κ1) is 21.1. The summed E-state index contributed by atoms with van der Waals surface area (Å²) >= 11 is 7.14. The molecular formula is C19H21ClN2O4S2. The highest BCUT2D eigenvalue weighted by molar-refractivity contribution is 8.13. The Morgan fingerprint density at radius 1 is 1.25 bits per heavy atom. The van der Waals surface area contributed by atoms with Crippen LogP contribution in [0, 0.1) is 6.92 Å². The van der Waals surface area contributed by atoms with Gasteiger partial charge in [0.1, 0.15) is 4.90 Å². The molecule has 1 saturated heterocycles. The fraction of sp³-hybridized carbons (Fsp3) is 0.316. The molecule has 2 aromatic rings. The largest absolute Gasteiger partial charge is 0.366 e. The van der Waals surface area contributed by atoms with Crippen LogP contribution >= 0.6 is 23.4 Å². The molecule has 1 aliphatic heterocycles. The van der Waals surface area contributed by atoms with Crippen molar-refractivity contribution in [1.29, 1.82) is 0 Å². The van der Waals surface area contributed by atoms with Crippen LogP contribution in [0.25, 0.3) is 0 Å². The number of hydrogen-bond donors (Lipinski definition) is 2. The van der Waals surface area contributed by atoms with E-state index in [4.69, 9.17) is 11.6 Å². The molecule has 0 radical (unpaired) electrons. The molecule has 6 nitrogen and oxygen atoms in total. The third-order valence-electron chi connectivity index (χ3n) is 4.65. The van der Waals surface area contributed by atoms with Crippen LogP contribution in [0.2, 0.25) is 5.02 Å². The van der Waals surface area contributed by atoms with Crippen molar-refractivity contribution in [3.63, 3.8) is 0 Å². The zero-order valence-electron chi connectivity index (χ0n) is 15.5. The molecule has 1 atom stereocenters. The van der Waals surface area contributed by atoms with Gasteiger partial charge in [0, 0.05) is 18.7 Å². The number of rotatable bonds is 6. The van der Waals surface area contributed by atoms with E-state index in [0.717, 1.165) is 22.9 Å². The van der Waals surface area contributed by atoms with Gasteiger partial charge in [-0.05, 0) is 31.5 Å². The standard InChI is InChI=1S/C19H21ClN2O4S2/c1-3-22-18(23)27-12-19(22,24)15-8-9-16(20)17(10-15)28(25,26)21-11-14-6-4-13(2)5-7-14/h4-10,21,24H,3,11-12H2,1-2H3. The second-order valence-corrected chi connectivity index (χ2v) is 9.64. The quantitative estimate of drug-likeness (QED) is 0.718. The molecule has 0 saturated carbocycles. The summed E-state index contributed by atoms with van der Waals surface area (Å²) in [6.45, 7) is 4.13. The van der Waals surface area contributed by atoms with E-state index in [2.05, 4.69) is 4.72 Å². The molecule has 1 heterocycles. The number of halogens is 1. The maximum absolute atomic E-state index is 12.8. The van der Waals surface area contributed by atoms with Gasteiger partial charge in [-0.25, -0.2) is 13.1 Å². The molecule has 0 bridgehead atoms. The van der Waals surface area contributed by atoms with Crippen molar-refractivity contribution < 1.29 is 18.3 Å². The van der Waals surface area contributed by atoms with E-state index < -0.39 is 15.7 Å². The second-order valence-electron chi connectivity index (χ2n) is 6.57. The molecule has 2 aromatic carbocycles. The van der Waals surface area contributed by atoms with Crippen LogP contribution in [0.15, 0.2) is 47.4 Å². The first-order chi connectivity index (χ1) is 13.2. The van der Waals surface area contributed by atoms with Gasteiger partial charge in [0.25, 0.3) is 5.24 Å². The van der Waals surface area contributed by atoms with Crippen molar-refractivity contribution >= 4 is 38.6 Å². The van der Waals surface area contributed by atoms with Gasteiger partial charge in [-0.15, -0.1) is 0 Å². The summed E-state index contributed by atoms with van der Waals surface area (Å²) in [7, 11) is -3.92. The molecule has 28 heavy (non-hydrogen) atoms. The lowest BCUT2D eigenvalue weighted by Crippen LogP contribution is -2.44. The minimum Gasteiger partial charge on any atom is -0.366 e. The van der Waals surface area contributed by atoms with Crippen molar-refractivity contribution in [2.45, 2.75) is 31.0 Å². The Morgan fingerprint density at radius 3 is 2.57 bits per heavy atom. The average Bonchev–Trinajstić information content (AvgIpc) is 2.96. The fourth-order valence-electron chi connectivity index (χ4n) is 3.02. The van der Waals surface area contributed by atoms with Crippen molar-refractivity contribution in [3.8, 4) is 0 Å². The molecule has 1 unspecified atom stereocenters. The highest BCUT2D eigenvalue weighted by atomic mass is 35.5. The monoisotopic (exact) mass is 440 g/mol. The van der Waals surface area contributed by atoms with Gasteiger partial charge in [0.2, 0.25) is 10.0 Å². The number of benzene rings is 2. The third-order valence-corrected chi connectivity index (χ3v) is 7.55. The number of aryl methyl sites for hydroxylation is 1. The maximum Gasteiger partial charge on any atom is 0.284 e. The Kier molecular flexibility index (Phi) is 6.07. The minimum absolute atomic E-state index is 0.0452. The zero-order chi connectivity index (χ0) is 20.5. The Balaban J connectivity index is 1.90. The van der Waals surface area contributed by atoms with Crippen molar-refractivity contribution in [3.05, 3.63) is 64.2 Å². The van der Waals surface area contributed by atoms with Gasteiger partial charge in [-0.2, -0.15) is 0 Å². The molecule has 3 rings (SSSR count). The summed E-state index contributed by atoms with van der Waals surface area (Å²) in [6.07, 6.45) is 0. The predicted octanol–water partition coefficient (Wildman–Crippen LogP) is 3.46. The lowest BCUT2D eigenvalue weighted by Gasteiger charge is -2.32. The van der Waals surface area contributed by atoms with Crippen LogP contribution < -0.4 is 4.72 Å². The van der Waals surface area contributed by atoms with Crippen LogP contribution in [0.5, 0.6) is 0 Å². The van der Waals surface area contributed by atoms with Gasteiger partial charge in [-0.1, -0.05) is 59.3 Å². The molecule has 9 heteroatoms. The van der Waals surface area contributed by atoms with E-state index in [1.807, 2.05) is 31.2 Å². The highest BCUT2D eigenvalue weighted by Gasteiger charge is 2.45. The zero-order valence-corrected chi connectivity index (χ0v) is 17.9. The Morgan fingerprint density at radius 2 is 1.93 bits per heavy atom. The second kappa shape index (κ2) is 8.04. The molecule has 2 N–H and O–H groups in total. The molecular weight excluding hydrogens is 420 g/mol. The number of hydrogen-bond acceptors (Lipinski definition) is 5. The third kappa shape index (κ3) is 4.06. The molecule has 0 spiro atoms. The molecule has 1 aliphatic rings. The number of nitrogens with zero attached hydrogens (tertiary/aromatic N) is 1. The average molecular weight is 441 g/mol. The summed E-state index contributed by atoms with van der Waals surface area (Å²) in [5.41, 5.74) is 0.644. The number of thioether (sulfide) groups is 1. The van der Waals surface area contributed by atoms with Gasteiger partial charge in [0.05, 0.1) is 10.8 Å². The predicted molar refractivity (Wildman–Crippen MR) is 111 cm³/mol. The van der Waals surface area contributed by atoms with E-state index in [1.54, 1.807) is 13.0 Å². The molecule has 1 amide bonds. The van der Waals surface area contributed by atoms with Gasteiger partial charge < -0.3 is 10.0 Å². The first-order valence-electron chi connectivity index (χ1n) is 8.69. The molecule has 150 valence electrons. The molecule has 0 aliphatic carbocycles.